The van der Waals surface area contributed by atoms with Gasteiger partial charge in [-0.1, -0.05) is 12.1 Å². The quantitative estimate of drug-likeness (QED) is 0.677. The number of anilines is 1. The zero-order chi connectivity index (χ0) is 23.5. The lowest BCUT2D eigenvalue weighted by Gasteiger charge is -2.46. The van der Waals surface area contributed by atoms with E-state index in [1.165, 1.54) is 36.1 Å². The molecular weight excluding hydrogens is 437 g/mol. The predicted molar refractivity (Wildman–Crippen MR) is 118 cm³/mol. The lowest BCUT2D eigenvalue weighted by molar-refractivity contribution is -0.133. The van der Waals surface area contributed by atoms with Gasteiger partial charge in [-0.25, -0.2) is 12.8 Å². The minimum atomic E-state index is -3.71. The van der Waals surface area contributed by atoms with Crippen molar-refractivity contribution in [2.24, 2.45) is 0 Å². The van der Waals surface area contributed by atoms with Gasteiger partial charge < -0.3 is 10.1 Å². The van der Waals surface area contributed by atoms with Crippen molar-refractivity contribution in [1.82, 2.24) is 9.62 Å². The highest BCUT2D eigenvalue weighted by atomic mass is 32.2. The van der Waals surface area contributed by atoms with Gasteiger partial charge in [0.1, 0.15) is 17.1 Å². The number of carbonyl (C=O) groups excluding carboxylic acids is 2. The highest BCUT2D eigenvalue weighted by Crippen LogP contribution is 2.31. The van der Waals surface area contributed by atoms with Gasteiger partial charge in [0, 0.05) is 18.8 Å². The van der Waals surface area contributed by atoms with Gasteiger partial charge in [-0.2, -0.15) is 4.31 Å². The van der Waals surface area contributed by atoms with Crippen LogP contribution in [0.15, 0.2) is 48.5 Å². The van der Waals surface area contributed by atoms with E-state index in [2.05, 4.69) is 5.32 Å². The molecule has 2 aromatic carbocycles. The summed E-state index contributed by atoms with van der Waals surface area (Å²) in [5.41, 5.74) is -0.393. The van der Waals surface area contributed by atoms with E-state index in [0.29, 0.717) is 23.6 Å². The van der Waals surface area contributed by atoms with Gasteiger partial charge in [0.15, 0.2) is 0 Å². The Morgan fingerprint density at radius 2 is 1.78 bits per heavy atom. The monoisotopic (exact) mass is 463 g/mol. The third-order valence-corrected chi connectivity index (χ3v) is 6.47. The summed E-state index contributed by atoms with van der Waals surface area (Å²) < 4.78 is 44.0. The first-order valence-corrected chi connectivity index (χ1v) is 11.9. The molecule has 0 aromatic heterocycles. The van der Waals surface area contributed by atoms with E-state index < -0.39 is 33.2 Å². The van der Waals surface area contributed by atoms with Crippen LogP contribution in [0.2, 0.25) is 0 Å². The molecule has 0 saturated carbocycles. The molecule has 32 heavy (non-hydrogen) atoms. The molecule has 0 radical (unpaired) electrons. The summed E-state index contributed by atoms with van der Waals surface area (Å²) in [7, 11) is -3.71. The Kier molecular flexibility index (Phi) is 6.85. The first-order valence-electron chi connectivity index (χ1n) is 10.1. The number of sulfonamides is 1. The molecule has 172 valence electrons. The van der Waals surface area contributed by atoms with Crippen molar-refractivity contribution in [3.63, 3.8) is 0 Å². The van der Waals surface area contributed by atoms with Crippen LogP contribution in [-0.2, 0) is 26.2 Å². The molecule has 8 nitrogen and oxygen atoms in total. The van der Waals surface area contributed by atoms with Gasteiger partial charge in [0.05, 0.1) is 19.4 Å². The van der Waals surface area contributed by atoms with E-state index in [9.17, 15) is 22.4 Å². The Labute approximate surface area is 187 Å². The topological polar surface area (TPSA) is 96.0 Å². The van der Waals surface area contributed by atoms with Crippen LogP contribution in [0.4, 0.5) is 10.1 Å². The molecule has 1 fully saturated rings. The number of ether oxygens (including phenoxy) is 1. The van der Waals surface area contributed by atoms with E-state index >= 15 is 0 Å². The molecule has 1 atom stereocenters. The van der Waals surface area contributed by atoms with Gasteiger partial charge in [0.2, 0.25) is 21.8 Å². The van der Waals surface area contributed by atoms with Crippen LogP contribution in [0.5, 0.6) is 5.75 Å². The second-order valence-electron chi connectivity index (χ2n) is 7.77. The van der Waals surface area contributed by atoms with Gasteiger partial charge in [-0.05, 0) is 55.8 Å². The maximum Gasteiger partial charge on any atom is 0.247 e. The Morgan fingerprint density at radius 3 is 2.34 bits per heavy atom. The molecule has 10 heteroatoms. The summed E-state index contributed by atoms with van der Waals surface area (Å²) in [5, 5.41) is 2.75. The first-order chi connectivity index (χ1) is 15.0. The number of rotatable bonds is 7. The maximum absolute atomic E-state index is 13.3. The number of nitrogens with one attached hydrogen (secondary N) is 1. The SMILES string of the molecule is CCOc1ccc(N2C(=O)CN(S(C)(=O)=O)C[C@@]2(C)C(=O)NCc2ccc(F)cc2)cc1. The van der Waals surface area contributed by atoms with Crippen molar-refractivity contribution in [2.75, 3.05) is 30.9 Å². The third-order valence-electron chi connectivity index (χ3n) is 5.27. The Balaban J connectivity index is 1.92. The average molecular weight is 464 g/mol. The van der Waals surface area contributed by atoms with E-state index in [1.807, 2.05) is 6.92 Å². The summed E-state index contributed by atoms with van der Waals surface area (Å²) in [6.45, 7) is 3.38. The molecule has 1 heterocycles. The molecule has 0 unspecified atom stereocenters. The molecule has 3 rings (SSSR count). The molecule has 1 saturated heterocycles. The molecule has 1 N–H and O–H groups in total. The molecule has 1 aliphatic rings. The van der Waals surface area contributed by atoms with E-state index in [-0.39, 0.29) is 19.6 Å². The highest BCUT2D eigenvalue weighted by Gasteiger charge is 2.50. The number of hydrogen-bond donors (Lipinski definition) is 1. The van der Waals surface area contributed by atoms with Crippen molar-refractivity contribution in [3.8, 4) is 5.75 Å². The van der Waals surface area contributed by atoms with Crippen LogP contribution < -0.4 is 15.0 Å². The summed E-state index contributed by atoms with van der Waals surface area (Å²) in [5.74, 6) is -0.834. The molecule has 2 amide bonds. The number of hydrogen-bond acceptors (Lipinski definition) is 5. The molecule has 2 aromatic rings. The average Bonchev–Trinajstić information content (AvgIpc) is 2.73. The Morgan fingerprint density at radius 1 is 1.16 bits per heavy atom. The molecule has 1 aliphatic heterocycles. The Hall–Kier alpha value is -2.98. The molecule has 0 bridgehead atoms. The van der Waals surface area contributed by atoms with Crippen molar-refractivity contribution in [3.05, 3.63) is 59.9 Å². The highest BCUT2D eigenvalue weighted by molar-refractivity contribution is 7.88. The van der Waals surface area contributed by atoms with Crippen LogP contribution in [-0.4, -0.2) is 56.0 Å². The zero-order valence-corrected chi connectivity index (χ0v) is 19.0. The maximum atomic E-state index is 13.3. The van der Waals surface area contributed by atoms with Crippen LogP contribution >= 0.6 is 0 Å². The van der Waals surface area contributed by atoms with Gasteiger partial charge >= 0.3 is 0 Å². The fourth-order valence-corrected chi connectivity index (χ4v) is 4.47. The second-order valence-corrected chi connectivity index (χ2v) is 9.75. The summed E-state index contributed by atoms with van der Waals surface area (Å²) in [6, 6.07) is 12.3. The van der Waals surface area contributed by atoms with E-state index in [1.54, 1.807) is 24.3 Å². The molecule has 0 spiro atoms. The fraction of sp³-hybridized carbons (Fsp3) is 0.364. The first kappa shape index (κ1) is 23.7. The lowest BCUT2D eigenvalue weighted by atomic mass is 9.94. The number of halogens is 1. The molecule has 0 aliphatic carbocycles. The normalized spacial score (nSPS) is 19.6. The number of nitrogens with zero attached hydrogens (tertiary/aromatic N) is 2. The van der Waals surface area contributed by atoms with Crippen LogP contribution in [0, 0.1) is 5.82 Å². The second kappa shape index (κ2) is 9.25. The van der Waals surface area contributed by atoms with Crippen molar-refractivity contribution < 1.29 is 27.1 Å². The van der Waals surface area contributed by atoms with Crippen LogP contribution in [0.1, 0.15) is 19.4 Å². The van der Waals surface area contributed by atoms with Gasteiger partial charge in [-0.3, -0.25) is 14.5 Å². The van der Waals surface area contributed by atoms with Gasteiger partial charge in [0.25, 0.3) is 0 Å². The van der Waals surface area contributed by atoms with E-state index in [0.717, 1.165) is 10.6 Å². The smallest absolute Gasteiger partial charge is 0.247 e. The largest absolute Gasteiger partial charge is 0.494 e. The summed E-state index contributed by atoms with van der Waals surface area (Å²) in [6.07, 6.45) is 1.00. The minimum Gasteiger partial charge on any atom is -0.494 e. The fourth-order valence-electron chi connectivity index (χ4n) is 3.64. The zero-order valence-electron chi connectivity index (χ0n) is 18.2. The van der Waals surface area contributed by atoms with Crippen LogP contribution in [0.3, 0.4) is 0 Å². The van der Waals surface area contributed by atoms with Gasteiger partial charge in [-0.15, -0.1) is 0 Å². The Bertz CT molecular complexity index is 1090. The number of amides is 2. The van der Waals surface area contributed by atoms with Crippen LogP contribution in [0.25, 0.3) is 0 Å². The van der Waals surface area contributed by atoms with Crippen molar-refractivity contribution >= 4 is 27.5 Å². The standard InChI is InChI=1S/C22H26FN3O5S/c1-4-31-19-11-9-18(10-12-19)26-20(27)14-25(32(3,29)30)15-22(26,2)21(28)24-13-16-5-7-17(23)8-6-16/h5-12H,4,13-15H2,1-3H3,(H,24,28)/t22-/m0/s1. The summed E-state index contributed by atoms with van der Waals surface area (Å²) >= 11 is 0. The lowest BCUT2D eigenvalue weighted by Crippen LogP contribution is -2.70. The number of carbonyl (C=O) groups is 2. The van der Waals surface area contributed by atoms with Crippen molar-refractivity contribution in [2.45, 2.75) is 25.9 Å². The summed E-state index contributed by atoms with van der Waals surface area (Å²) in [4.78, 5) is 27.7. The van der Waals surface area contributed by atoms with Crippen molar-refractivity contribution in [1.29, 1.82) is 0 Å². The number of benzene rings is 2. The predicted octanol–water partition coefficient (Wildman–Crippen LogP) is 1.91. The van der Waals surface area contributed by atoms with E-state index in [4.69, 9.17) is 4.74 Å². The molecular formula is C22H26FN3O5S. The number of piperazine rings is 1. The third kappa shape index (κ3) is 5.08. The minimum absolute atomic E-state index is 0.0961.